The van der Waals surface area contributed by atoms with Crippen LogP contribution in [0.15, 0.2) is 36.4 Å². The van der Waals surface area contributed by atoms with Crippen LogP contribution < -0.4 is 4.74 Å². The van der Waals surface area contributed by atoms with Crippen LogP contribution in [-0.2, 0) is 19.3 Å². The normalized spacial score (nSPS) is 18.8. The Morgan fingerprint density at radius 2 is 1.41 bits per heavy atom. The highest BCUT2D eigenvalue weighted by Crippen LogP contribution is 2.34. The first-order valence-electron chi connectivity index (χ1n) is 13.5. The van der Waals surface area contributed by atoms with E-state index in [1.807, 2.05) is 0 Å². The molecule has 2 aromatic carbocycles. The second-order valence-corrected chi connectivity index (χ2v) is 10.2. The van der Waals surface area contributed by atoms with Crippen LogP contribution in [-0.4, -0.2) is 6.61 Å². The Morgan fingerprint density at radius 3 is 1.94 bits per heavy atom. The maximum absolute atomic E-state index is 6.40. The molecule has 0 N–H and O–H groups in total. The zero-order valence-electron chi connectivity index (χ0n) is 21.4. The summed E-state index contributed by atoms with van der Waals surface area (Å²) in [6, 6.07) is 14.1. The predicted molar refractivity (Wildman–Crippen MR) is 140 cm³/mol. The molecule has 1 nitrogen and oxygen atoms in total. The lowest BCUT2D eigenvalue weighted by Crippen LogP contribution is -2.12. The van der Waals surface area contributed by atoms with Crippen LogP contribution in [0.4, 0.5) is 0 Å². The summed E-state index contributed by atoms with van der Waals surface area (Å²) in [5, 5.41) is 0. The third kappa shape index (κ3) is 6.63. The van der Waals surface area contributed by atoms with E-state index in [0.717, 1.165) is 37.0 Å². The summed E-state index contributed by atoms with van der Waals surface area (Å²) in [6.45, 7) is 12.3. The van der Waals surface area contributed by atoms with Gasteiger partial charge in [-0.2, -0.15) is 0 Å². The van der Waals surface area contributed by atoms with Crippen LogP contribution >= 0.6 is 0 Å². The van der Waals surface area contributed by atoms with Gasteiger partial charge in [-0.1, -0.05) is 97.4 Å². The second-order valence-electron chi connectivity index (χ2n) is 10.2. The number of benzene rings is 2. The van der Waals surface area contributed by atoms with E-state index in [2.05, 4.69) is 71.0 Å². The van der Waals surface area contributed by atoms with Gasteiger partial charge in [-0.3, -0.25) is 0 Å². The lowest BCUT2D eigenvalue weighted by atomic mass is 9.80. The Kier molecular flexibility index (Phi) is 9.69. The molecule has 1 fully saturated rings. The van der Waals surface area contributed by atoms with Crippen molar-refractivity contribution in [2.45, 2.75) is 98.8 Å². The topological polar surface area (TPSA) is 9.23 Å². The minimum Gasteiger partial charge on any atom is -0.493 e. The van der Waals surface area contributed by atoms with E-state index in [-0.39, 0.29) is 0 Å². The van der Waals surface area contributed by atoms with Crippen LogP contribution in [0.1, 0.15) is 96.3 Å². The van der Waals surface area contributed by atoms with E-state index in [4.69, 9.17) is 4.74 Å². The van der Waals surface area contributed by atoms with Gasteiger partial charge >= 0.3 is 0 Å². The molecule has 3 rings (SSSR count). The van der Waals surface area contributed by atoms with E-state index in [1.54, 1.807) is 0 Å². The average Bonchev–Trinajstić information content (AvgIpc) is 2.84. The van der Waals surface area contributed by atoms with Crippen molar-refractivity contribution in [2.75, 3.05) is 6.61 Å². The molecular formula is C31H46O. The Morgan fingerprint density at radius 1 is 0.812 bits per heavy atom. The lowest BCUT2D eigenvalue weighted by molar-refractivity contribution is 0.237. The number of aryl methyl sites for hydroxylation is 3. The minimum atomic E-state index is 0.647. The van der Waals surface area contributed by atoms with Crippen LogP contribution in [0.2, 0.25) is 0 Å². The lowest BCUT2D eigenvalue weighted by Gasteiger charge is -2.26. The van der Waals surface area contributed by atoms with Gasteiger partial charge in [0.2, 0.25) is 0 Å². The Balaban J connectivity index is 1.70. The van der Waals surface area contributed by atoms with Gasteiger partial charge in [0.15, 0.2) is 0 Å². The van der Waals surface area contributed by atoms with Crippen molar-refractivity contribution < 1.29 is 4.74 Å². The first-order valence-corrected chi connectivity index (χ1v) is 13.5. The molecule has 0 heterocycles. The Bertz CT molecular complexity index is 782. The zero-order chi connectivity index (χ0) is 22.9. The number of rotatable bonds is 11. The molecule has 32 heavy (non-hydrogen) atoms. The molecule has 0 atom stereocenters. The fraction of sp³-hybridized carbons (Fsp3) is 0.613. The van der Waals surface area contributed by atoms with Crippen molar-refractivity contribution >= 4 is 0 Å². The van der Waals surface area contributed by atoms with E-state index >= 15 is 0 Å². The summed E-state index contributed by atoms with van der Waals surface area (Å²) in [5.41, 5.74) is 6.85. The molecule has 0 bridgehead atoms. The highest BCUT2D eigenvalue weighted by Gasteiger charge is 2.18. The fourth-order valence-corrected chi connectivity index (χ4v) is 5.21. The molecule has 0 aliphatic heterocycles. The van der Waals surface area contributed by atoms with E-state index in [0.29, 0.717) is 5.92 Å². The first-order chi connectivity index (χ1) is 15.6. The minimum absolute atomic E-state index is 0.647. The molecule has 0 unspecified atom stereocenters. The van der Waals surface area contributed by atoms with Crippen molar-refractivity contribution in [1.29, 1.82) is 0 Å². The molecule has 0 aromatic heterocycles. The first kappa shape index (κ1) is 24.9. The summed E-state index contributed by atoms with van der Waals surface area (Å²) in [5.74, 6) is 3.68. The van der Waals surface area contributed by atoms with E-state index in [1.165, 1.54) is 79.2 Å². The number of ether oxygens (including phenoxy) is 1. The summed E-state index contributed by atoms with van der Waals surface area (Å²) < 4.78 is 6.40. The molecule has 1 aliphatic rings. The SMILES string of the molecule is CCc1cc(-c2ccc(CCC3CCC(C)CC3)cc2)cc(CC)c1OCC(CC)CC. The monoisotopic (exact) mass is 434 g/mol. The summed E-state index contributed by atoms with van der Waals surface area (Å²) >= 11 is 0. The van der Waals surface area contributed by atoms with Gasteiger partial charge in [0, 0.05) is 0 Å². The maximum atomic E-state index is 6.40. The Hall–Kier alpha value is -1.76. The number of hydrogen-bond acceptors (Lipinski definition) is 1. The van der Waals surface area contributed by atoms with Gasteiger partial charge in [0.05, 0.1) is 6.61 Å². The molecule has 0 saturated heterocycles. The average molecular weight is 435 g/mol. The standard InChI is InChI=1S/C31H46O/c1-6-24(7-2)22-32-31-27(8-3)20-30(21-28(31)9-4)29-18-16-26(17-19-29)15-14-25-12-10-23(5)11-13-25/h16-21,23-25H,6-15,22H2,1-5H3. The van der Waals surface area contributed by atoms with Gasteiger partial charge in [-0.05, 0) is 83.4 Å². The summed E-state index contributed by atoms with van der Waals surface area (Å²) in [6.07, 6.45) is 12.7. The zero-order valence-corrected chi connectivity index (χ0v) is 21.4. The summed E-state index contributed by atoms with van der Waals surface area (Å²) in [7, 11) is 0. The van der Waals surface area contributed by atoms with Gasteiger partial charge in [-0.25, -0.2) is 0 Å². The largest absolute Gasteiger partial charge is 0.493 e. The van der Waals surface area contributed by atoms with Gasteiger partial charge < -0.3 is 4.74 Å². The van der Waals surface area contributed by atoms with E-state index in [9.17, 15) is 0 Å². The van der Waals surface area contributed by atoms with E-state index < -0.39 is 0 Å². The molecular weight excluding hydrogens is 388 g/mol. The van der Waals surface area contributed by atoms with Gasteiger partial charge in [0.25, 0.3) is 0 Å². The molecule has 2 aromatic rings. The third-order valence-corrected chi connectivity index (χ3v) is 7.89. The maximum Gasteiger partial charge on any atom is 0.125 e. The highest BCUT2D eigenvalue weighted by atomic mass is 16.5. The van der Waals surface area contributed by atoms with Crippen molar-refractivity contribution in [3.63, 3.8) is 0 Å². The summed E-state index contributed by atoms with van der Waals surface area (Å²) in [4.78, 5) is 0. The quantitative estimate of drug-likeness (QED) is 0.343. The molecule has 0 spiro atoms. The molecule has 1 aliphatic carbocycles. The smallest absolute Gasteiger partial charge is 0.125 e. The van der Waals surface area contributed by atoms with Crippen LogP contribution in [0.5, 0.6) is 5.75 Å². The van der Waals surface area contributed by atoms with Crippen molar-refractivity contribution in [3.05, 3.63) is 53.1 Å². The second kappa shape index (κ2) is 12.5. The molecule has 1 saturated carbocycles. The van der Waals surface area contributed by atoms with Crippen LogP contribution in [0.25, 0.3) is 11.1 Å². The highest BCUT2D eigenvalue weighted by molar-refractivity contribution is 5.68. The third-order valence-electron chi connectivity index (χ3n) is 7.89. The van der Waals surface area contributed by atoms with Crippen molar-refractivity contribution in [2.24, 2.45) is 17.8 Å². The molecule has 1 heteroatoms. The molecule has 176 valence electrons. The number of hydrogen-bond donors (Lipinski definition) is 0. The van der Waals surface area contributed by atoms with Crippen LogP contribution in [0, 0.1) is 17.8 Å². The van der Waals surface area contributed by atoms with Gasteiger partial charge in [-0.15, -0.1) is 0 Å². The molecule has 0 radical (unpaired) electrons. The van der Waals surface area contributed by atoms with Gasteiger partial charge in [0.1, 0.15) is 5.75 Å². The van der Waals surface area contributed by atoms with Crippen molar-refractivity contribution in [3.8, 4) is 16.9 Å². The predicted octanol–water partition coefficient (Wildman–Crippen LogP) is 9.05. The van der Waals surface area contributed by atoms with Crippen molar-refractivity contribution in [1.82, 2.24) is 0 Å². The van der Waals surface area contributed by atoms with Crippen LogP contribution in [0.3, 0.4) is 0 Å². The fourth-order valence-electron chi connectivity index (χ4n) is 5.21. The molecule has 0 amide bonds. The Labute approximate surface area is 198 Å².